The Morgan fingerprint density at radius 1 is 1.07 bits per heavy atom. The summed E-state index contributed by atoms with van der Waals surface area (Å²) in [5.41, 5.74) is 1.51. The Balaban J connectivity index is 1.87. The maximum atomic E-state index is 12.8. The van der Waals surface area contributed by atoms with Crippen molar-refractivity contribution in [3.8, 4) is 11.5 Å². The molecule has 8 heteroatoms. The van der Waals surface area contributed by atoms with Gasteiger partial charge in [0.1, 0.15) is 17.2 Å². The van der Waals surface area contributed by atoms with Crippen LogP contribution in [0.15, 0.2) is 18.2 Å². The summed E-state index contributed by atoms with van der Waals surface area (Å²) in [6.07, 6.45) is 3.44. The van der Waals surface area contributed by atoms with Crippen molar-refractivity contribution in [1.82, 2.24) is 9.97 Å². The monoisotopic (exact) mass is 390 g/mol. The van der Waals surface area contributed by atoms with Crippen molar-refractivity contribution in [1.29, 1.82) is 0 Å². The minimum atomic E-state index is -0.346. The van der Waals surface area contributed by atoms with E-state index in [2.05, 4.69) is 20.2 Å². The molecule has 1 aliphatic rings. The van der Waals surface area contributed by atoms with Crippen molar-refractivity contribution in [2.45, 2.75) is 26.2 Å². The number of nitrogens with zero attached hydrogens (tertiary/aromatic N) is 3. The highest BCUT2D eigenvalue weighted by Gasteiger charge is 2.19. The molecule has 0 unspecified atom stereocenters. The molecule has 0 aliphatic carbocycles. The molecule has 1 aromatic carbocycles. The Bertz CT molecular complexity index is 838. The Morgan fingerprint density at radius 2 is 1.78 bits per heavy atom. The first kappa shape index (κ1) is 19.2. The molecule has 3 rings (SSSR count). The first-order chi connectivity index (χ1) is 13.0. The van der Waals surface area contributed by atoms with Crippen LogP contribution < -0.4 is 19.7 Å². The van der Waals surface area contributed by atoms with Crippen LogP contribution in [0.4, 0.5) is 11.6 Å². The van der Waals surface area contributed by atoms with E-state index >= 15 is 0 Å². The van der Waals surface area contributed by atoms with E-state index in [1.165, 1.54) is 20.6 Å². The lowest BCUT2D eigenvalue weighted by Gasteiger charge is -2.27. The average molecular weight is 391 g/mol. The highest BCUT2D eigenvalue weighted by atomic mass is 35.5. The molecule has 2 heterocycles. The summed E-state index contributed by atoms with van der Waals surface area (Å²) >= 11 is 6.12. The number of benzene rings is 1. The number of amides is 1. The molecule has 1 aromatic heterocycles. The highest BCUT2D eigenvalue weighted by Crippen LogP contribution is 2.36. The molecule has 0 radical (unpaired) electrons. The molecule has 1 fully saturated rings. The number of carbonyl (C=O) groups excluding carboxylic acids is 1. The van der Waals surface area contributed by atoms with E-state index in [4.69, 9.17) is 21.1 Å². The molecule has 7 nitrogen and oxygen atoms in total. The fraction of sp³-hybridized carbons (Fsp3) is 0.421. The number of hydrogen-bond acceptors (Lipinski definition) is 6. The minimum Gasteiger partial charge on any atom is -0.495 e. The van der Waals surface area contributed by atoms with Crippen molar-refractivity contribution in [3.05, 3.63) is 34.6 Å². The first-order valence-corrected chi connectivity index (χ1v) is 9.23. The zero-order valence-electron chi connectivity index (χ0n) is 15.7. The van der Waals surface area contributed by atoms with Gasteiger partial charge in [0.25, 0.3) is 5.91 Å². The summed E-state index contributed by atoms with van der Waals surface area (Å²) in [7, 11) is 3.02. The Kier molecular flexibility index (Phi) is 6.01. The van der Waals surface area contributed by atoms with Gasteiger partial charge in [0.05, 0.1) is 24.9 Å². The second-order valence-corrected chi connectivity index (χ2v) is 6.79. The van der Waals surface area contributed by atoms with E-state index < -0.39 is 0 Å². The molecule has 144 valence electrons. The number of ether oxygens (including phenoxy) is 2. The van der Waals surface area contributed by atoms with Crippen LogP contribution in [0.2, 0.25) is 5.02 Å². The predicted octanol–water partition coefficient (Wildman–Crippen LogP) is 3.70. The number of carbonyl (C=O) groups is 1. The summed E-state index contributed by atoms with van der Waals surface area (Å²) in [5.74, 6) is 1.14. The summed E-state index contributed by atoms with van der Waals surface area (Å²) in [5, 5.41) is 3.23. The van der Waals surface area contributed by atoms with Gasteiger partial charge >= 0.3 is 0 Å². The fourth-order valence-electron chi connectivity index (χ4n) is 3.05. The summed E-state index contributed by atoms with van der Waals surface area (Å²) < 4.78 is 10.5. The van der Waals surface area contributed by atoms with Gasteiger partial charge in [0, 0.05) is 30.9 Å². The second-order valence-electron chi connectivity index (χ2n) is 6.38. The molecule has 1 aliphatic heterocycles. The fourth-order valence-corrected chi connectivity index (χ4v) is 3.28. The molecule has 1 amide bonds. The van der Waals surface area contributed by atoms with E-state index in [1.807, 2.05) is 6.92 Å². The van der Waals surface area contributed by atoms with Gasteiger partial charge in [-0.05, 0) is 32.3 Å². The van der Waals surface area contributed by atoms with Crippen LogP contribution in [0.1, 0.15) is 35.4 Å². The number of halogens is 1. The number of hydrogen-bond donors (Lipinski definition) is 1. The Morgan fingerprint density at radius 3 is 2.44 bits per heavy atom. The number of anilines is 2. The number of aromatic nitrogens is 2. The lowest BCUT2D eigenvalue weighted by atomic mass is 10.1. The van der Waals surface area contributed by atoms with Crippen LogP contribution in [0.3, 0.4) is 0 Å². The van der Waals surface area contributed by atoms with Gasteiger partial charge in [-0.15, -0.1) is 0 Å². The van der Waals surface area contributed by atoms with Crippen LogP contribution in [0.25, 0.3) is 0 Å². The standard InChI is InChI=1S/C19H23ClN4O3/c1-12-9-15(23-19(21-12)24-7-5-4-6-8-24)18(25)22-14-11-16(26-2)13(20)10-17(14)27-3/h9-11H,4-8H2,1-3H3,(H,22,25). The van der Waals surface area contributed by atoms with E-state index in [1.54, 1.807) is 18.2 Å². The third-order valence-electron chi connectivity index (χ3n) is 4.44. The summed E-state index contributed by atoms with van der Waals surface area (Å²) in [6, 6.07) is 4.89. The third kappa shape index (κ3) is 4.42. The average Bonchev–Trinajstić information content (AvgIpc) is 2.69. The van der Waals surface area contributed by atoms with Crippen LogP contribution >= 0.6 is 11.6 Å². The second kappa shape index (κ2) is 8.43. The lowest BCUT2D eigenvalue weighted by Crippen LogP contribution is -2.31. The molecule has 0 saturated carbocycles. The normalized spacial score (nSPS) is 14.0. The first-order valence-electron chi connectivity index (χ1n) is 8.85. The van der Waals surface area contributed by atoms with Gasteiger partial charge in [-0.2, -0.15) is 0 Å². The largest absolute Gasteiger partial charge is 0.495 e. The van der Waals surface area contributed by atoms with Crippen molar-refractivity contribution >= 4 is 29.1 Å². The topological polar surface area (TPSA) is 76.6 Å². The van der Waals surface area contributed by atoms with Gasteiger partial charge < -0.3 is 19.7 Å². The molecule has 0 atom stereocenters. The minimum absolute atomic E-state index is 0.305. The number of piperidine rings is 1. The summed E-state index contributed by atoms with van der Waals surface area (Å²) in [4.78, 5) is 23.9. The molecular formula is C19H23ClN4O3. The van der Waals surface area contributed by atoms with E-state index in [9.17, 15) is 4.79 Å². The Hall–Kier alpha value is -2.54. The van der Waals surface area contributed by atoms with E-state index in [-0.39, 0.29) is 5.91 Å². The molecule has 0 bridgehead atoms. The highest BCUT2D eigenvalue weighted by molar-refractivity contribution is 6.32. The quantitative estimate of drug-likeness (QED) is 0.838. The predicted molar refractivity (Wildman–Crippen MR) is 105 cm³/mol. The number of rotatable bonds is 5. The van der Waals surface area contributed by atoms with Gasteiger partial charge in [-0.25, -0.2) is 9.97 Å². The SMILES string of the molecule is COc1cc(NC(=O)c2cc(C)nc(N3CCCCC3)n2)c(OC)cc1Cl. The van der Waals surface area contributed by atoms with Crippen LogP contribution in [-0.2, 0) is 0 Å². The van der Waals surface area contributed by atoms with Crippen molar-refractivity contribution in [3.63, 3.8) is 0 Å². The molecule has 0 spiro atoms. The smallest absolute Gasteiger partial charge is 0.274 e. The molecule has 1 N–H and O–H groups in total. The molecule has 27 heavy (non-hydrogen) atoms. The Labute approximate surface area is 163 Å². The van der Waals surface area contributed by atoms with Gasteiger partial charge in [-0.1, -0.05) is 11.6 Å². The van der Waals surface area contributed by atoms with E-state index in [0.717, 1.165) is 31.6 Å². The van der Waals surface area contributed by atoms with Gasteiger partial charge in [-0.3, -0.25) is 4.79 Å². The lowest BCUT2D eigenvalue weighted by molar-refractivity contribution is 0.102. The zero-order chi connectivity index (χ0) is 19.4. The number of nitrogens with one attached hydrogen (secondary N) is 1. The van der Waals surface area contributed by atoms with Gasteiger partial charge in [0.15, 0.2) is 0 Å². The van der Waals surface area contributed by atoms with Crippen molar-refractivity contribution in [2.75, 3.05) is 37.5 Å². The molecule has 2 aromatic rings. The van der Waals surface area contributed by atoms with E-state index in [0.29, 0.717) is 33.9 Å². The van der Waals surface area contributed by atoms with Crippen LogP contribution in [-0.4, -0.2) is 43.2 Å². The molecule has 1 saturated heterocycles. The van der Waals surface area contributed by atoms with Crippen molar-refractivity contribution in [2.24, 2.45) is 0 Å². The van der Waals surface area contributed by atoms with Crippen LogP contribution in [0, 0.1) is 6.92 Å². The summed E-state index contributed by atoms with van der Waals surface area (Å²) in [6.45, 7) is 3.68. The molecular weight excluding hydrogens is 368 g/mol. The van der Waals surface area contributed by atoms with Crippen molar-refractivity contribution < 1.29 is 14.3 Å². The number of methoxy groups -OCH3 is 2. The third-order valence-corrected chi connectivity index (χ3v) is 4.73. The zero-order valence-corrected chi connectivity index (χ0v) is 16.5. The maximum Gasteiger partial charge on any atom is 0.274 e. The van der Waals surface area contributed by atoms with Crippen LogP contribution in [0.5, 0.6) is 11.5 Å². The number of aryl methyl sites for hydroxylation is 1. The van der Waals surface area contributed by atoms with Gasteiger partial charge in [0.2, 0.25) is 5.95 Å². The maximum absolute atomic E-state index is 12.8.